The Morgan fingerprint density at radius 1 is 1.21 bits per heavy atom. The highest BCUT2D eigenvalue weighted by molar-refractivity contribution is 5.97. The molecule has 0 atom stereocenters. The summed E-state index contributed by atoms with van der Waals surface area (Å²) in [5.74, 6) is -1.15. The number of likely N-dealkylation sites (N-methyl/N-ethyl adjacent to an activating group) is 1. The third kappa shape index (κ3) is 5.02. The Morgan fingerprint density at radius 2 is 1.89 bits per heavy atom. The van der Waals surface area contributed by atoms with Crippen molar-refractivity contribution >= 4 is 23.4 Å². The molecule has 1 fully saturated rings. The van der Waals surface area contributed by atoms with E-state index in [1.54, 1.807) is 6.92 Å². The van der Waals surface area contributed by atoms with E-state index in [1.165, 1.54) is 4.57 Å². The summed E-state index contributed by atoms with van der Waals surface area (Å²) < 4.78 is 6.45. The number of ether oxygens (including phenoxy) is 1. The molecule has 0 aromatic carbocycles. The van der Waals surface area contributed by atoms with Crippen molar-refractivity contribution in [3.8, 4) is 0 Å². The summed E-state index contributed by atoms with van der Waals surface area (Å²) in [4.78, 5) is 52.5. The number of aromatic nitrogens is 2. The monoisotopic (exact) mass is 394 g/mol. The molecule has 1 aliphatic rings. The number of nitrogen functional groups attached to an aromatic ring is 1. The lowest BCUT2D eigenvalue weighted by molar-refractivity contribution is -0.153. The average Bonchev–Trinajstić information content (AvgIpc) is 2.69. The first-order valence-corrected chi connectivity index (χ1v) is 10.00. The van der Waals surface area contributed by atoms with E-state index >= 15 is 0 Å². The van der Waals surface area contributed by atoms with E-state index in [2.05, 4.69) is 4.98 Å². The summed E-state index contributed by atoms with van der Waals surface area (Å²) in [5.41, 5.74) is 4.63. The highest BCUT2D eigenvalue weighted by Crippen LogP contribution is 2.24. The van der Waals surface area contributed by atoms with Crippen LogP contribution in [0.1, 0.15) is 58.8 Å². The Balaban J connectivity index is 2.17. The second kappa shape index (κ2) is 10.1. The van der Waals surface area contributed by atoms with Gasteiger partial charge >= 0.3 is 11.7 Å². The van der Waals surface area contributed by atoms with Crippen LogP contribution in [0.15, 0.2) is 9.59 Å². The van der Waals surface area contributed by atoms with Gasteiger partial charge in [0.1, 0.15) is 5.82 Å². The van der Waals surface area contributed by atoms with Crippen molar-refractivity contribution in [2.75, 3.05) is 23.8 Å². The lowest BCUT2D eigenvalue weighted by Crippen LogP contribution is -2.42. The molecule has 1 saturated carbocycles. The van der Waals surface area contributed by atoms with Crippen molar-refractivity contribution in [1.29, 1.82) is 0 Å². The first-order valence-electron chi connectivity index (χ1n) is 10.00. The molecule has 0 spiro atoms. The molecule has 3 N–H and O–H groups in total. The van der Waals surface area contributed by atoms with Gasteiger partial charge in [-0.15, -0.1) is 0 Å². The Morgan fingerprint density at radius 3 is 2.50 bits per heavy atom. The van der Waals surface area contributed by atoms with Crippen LogP contribution in [0.4, 0.5) is 11.5 Å². The first-order chi connectivity index (χ1) is 13.4. The van der Waals surface area contributed by atoms with E-state index in [-0.39, 0.29) is 29.9 Å². The van der Waals surface area contributed by atoms with Crippen molar-refractivity contribution in [1.82, 2.24) is 9.55 Å². The number of rotatable bonds is 8. The summed E-state index contributed by atoms with van der Waals surface area (Å²) >= 11 is 0. The summed E-state index contributed by atoms with van der Waals surface area (Å²) in [5, 5.41) is 0. The number of nitrogens with two attached hydrogens (primary N) is 1. The fourth-order valence-corrected chi connectivity index (χ4v) is 3.50. The molecule has 1 aromatic heterocycles. The van der Waals surface area contributed by atoms with Gasteiger partial charge in [0.05, 0.1) is 5.92 Å². The van der Waals surface area contributed by atoms with Crippen LogP contribution >= 0.6 is 0 Å². The second-order valence-corrected chi connectivity index (χ2v) is 7.08. The van der Waals surface area contributed by atoms with E-state index in [9.17, 15) is 19.2 Å². The van der Waals surface area contributed by atoms with Gasteiger partial charge in [-0.05, 0) is 26.2 Å². The molecule has 9 nitrogen and oxygen atoms in total. The first kappa shape index (κ1) is 21.7. The lowest BCUT2D eigenvalue weighted by Gasteiger charge is -2.24. The third-order valence-electron chi connectivity index (χ3n) is 5.11. The summed E-state index contributed by atoms with van der Waals surface area (Å²) in [6.45, 7) is 3.68. The molecule has 156 valence electrons. The zero-order chi connectivity index (χ0) is 20.7. The van der Waals surface area contributed by atoms with Crippen molar-refractivity contribution in [2.45, 2.75) is 65.3 Å². The minimum atomic E-state index is -0.732. The fraction of sp³-hybridized carbons (Fsp3) is 0.684. The Bertz CT molecular complexity index is 808. The van der Waals surface area contributed by atoms with Crippen molar-refractivity contribution in [2.24, 2.45) is 5.92 Å². The zero-order valence-corrected chi connectivity index (χ0v) is 16.7. The van der Waals surface area contributed by atoms with Crippen LogP contribution < -0.4 is 21.9 Å². The third-order valence-corrected chi connectivity index (χ3v) is 5.11. The Hall–Kier alpha value is -2.58. The van der Waals surface area contributed by atoms with Gasteiger partial charge in [0.15, 0.2) is 12.3 Å². The van der Waals surface area contributed by atoms with Crippen molar-refractivity contribution in [3.05, 3.63) is 20.8 Å². The number of hydrogen-bond acceptors (Lipinski definition) is 6. The van der Waals surface area contributed by atoms with Crippen LogP contribution in [0, 0.1) is 5.92 Å². The molecule has 0 bridgehead atoms. The van der Waals surface area contributed by atoms with Gasteiger partial charge in [-0.1, -0.05) is 32.6 Å². The largest absolute Gasteiger partial charge is 0.455 e. The highest BCUT2D eigenvalue weighted by atomic mass is 16.5. The summed E-state index contributed by atoms with van der Waals surface area (Å²) in [7, 11) is 0. The maximum atomic E-state index is 12.6. The molecular formula is C19H30N4O5. The Kier molecular flexibility index (Phi) is 7.83. The van der Waals surface area contributed by atoms with Gasteiger partial charge in [0, 0.05) is 13.1 Å². The number of amides is 1. The Labute approximate surface area is 163 Å². The van der Waals surface area contributed by atoms with E-state index in [1.807, 2.05) is 6.92 Å². The topological polar surface area (TPSA) is 127 Å². The molecule has 9 heteroatoms. The molecule has 2 rings (SSSR count). The van der Waals surface area contributed by atoms with Gasteiger partial charge in [-0.25, -0.2) is 4.79 Å². The molecule has 0 aliphatic heterocycles. The number of esters is 1. The SMILES string of the molecule is CCCCn1c(N)c(N(CC)C(=O)COC(=O)C2CCCCC2)c(=O)[nH]c1=O. The number of H-pyrrole nitrogens is 1. The maximum absolute atomic E-state index is 12.6. The molecule has 1 heterocycles. The molecule has 1 amide bonds. The maximum Gasteiger partial charge on any atom is 0.330 e. The number of nitrogens with zero attached hydrogens (tertiary/aromatic N) is 2. The lowest BCUT2D eigenvalue weighted by atomic mass is 9.89. The van der Waals surface area contributed by atoms with Gasteiger partial charge in [-0.3, -0.25) is 23.9 Å². The van der Waals surface area contributed by atoms with Crippen molar-refractivity contribution < 1.29 is 14.3 Å². The zero-order valence-electron chi connectivity index (χ0n) is 16.7. The van der Waals surface area contributed by atoms with Crippen LogP contribution in [-0.4, -0.2) is 34.6 Å². The predicted octanol–water partition coefficient (Wildman–Crippen LogP) is 1.40. The number of nitrogens with one attached hydrogen (secondary N) is 1. The molecule has 28 heavy (non-hydrogen) atoms. The van der Waals surface area contributed by atoms with Crippen LogP contribution in [0.25, 0.3) is 0 Å². The molecule has 0 saturated heterocycles. The van der Waals surface area contributed by atoms with Gasteiger partial charge < -0.3 is 15.4 Å². The van der Waals surface area contributed by atoms with Crippen LogP contribution in [0.2, 0.25) is 0 Å². The van der Waals surface area contributed by atoms with E-state index < -0.39 is 23.8 Å². The van der Waals surface area contributed by atoms with E-state index in [0.717, 1.165) is 43.4 Å². The fourth-order valence-electron chi connectivity index (χ4n) is 3.50. The van der Waals surface area contributed by atoms with Gasteiger partial charge in [0.25, 0.3) is 11.5 Å². The number of unbranched alkanes of at least 4 members (excludes halogenated alkanes) is 1. The number of carbonyl (C=O) groups excluding carboxylic acids is 2. The minimum absolute atomic E-state index is 0.0593. The van der Waals surface area contributed by atoms with E-state index in [0.29, 0.717) is 13.0 Å². The van der Waals surface area contributed by atoms with Crippen LogP contribution in [0.5, 0.6) is 0 Å². The molecule has 0 unspecified atom stereocenters. The number of aromatic amines is 1. The van der Waals surface area contributed by atoms with Crippen LogP contribution in [-0.2, 0) is 20.9 Å². The number of carbonyl (C=O) groups is 2. The number of hydrogen-bond donors (Lipinski definition) is 2. The van der Waals surface area contributed by atoms with Gasteiger partial charge in [0.2, 0.25) is 0 Å². The minimum Gasteiger partial charge on any atom is -0.455 e. The van der Waals surface area contributed by atoms with Crippen molar-refractivity contribution in [3.63, 3.8) is 0 Å². The second-order valence-electron chi connectivity index (χ2n) is 7.08. The standard InChI is InChI=1S/C19H30N4O5/c1-3-5-11-23-16(20)15(17(25)21-19(23)27)22(4-2)14(24)12-28-18(26)13-9-7-6-8-10-13/h13H,3-12,20H2,1-2H3,(H,21,25,27). The highest BCUT2D eigenvalue weighted by Gasteiger charge is 2.26. The smallest absolute Gasteiger partial charge is 0.330 e. The summed E-state index contributed by atoms with van der Waals surface area (Å²) in [6, 6.07) is 0. The predicted molar refractivity (Wildman–Crippen MR) is 106 cm³/mol. The number of anilines is 2. The quantitative estimate of drug-likeness (QED) is 0.642. The van der Waals surface area contributed by atoms with E-state index in [4.69, 9.17) is 10.5 Å². The normalized spacial score (nSPS) is 14.6. The molecular weight excluding hydrogens is 364 g/mol. The molecule has 1 aromatic rings. The molecule has 0 radical (unpaired) electrons. The average molecular weight is 394 g/mol. The van der Waals surface area contributed by atoms with Crippen LogP contribution in [0.3, 0.4) is 0 Å². The van der Waals surface area contributed by atoms with Gasteiger partial charge in [-0.2, -0.15) is 0 Å². The summed E-state index contributed by atoms with van der Waals surface area (Å²) in [6.07, 6.45) is 6.18. The molecule has 1 aliphatic carbocycles.